The van der Waals surface area contributed by atoms with Crippen LogP contribution in [-0.2, 0) is 10.4 Å². The lowest BCUT2D eigenvalue weighted by atomic mass is 9.97. The van der Waals surface area contributed by atoms with Crippen LogP contribution >= 0.6 is 0 Å². The molecule has 1 aromatic carbocycles. The zero-order valence-corrected chi connectivity index (χ0v) is 9.53. The van der Waals surface area contributed by atoms with E-state index in [-0.39, 0.29) is 11.8 Å². The third-order valence-corrected chi connectivity index (χ3v) is 3.82. The molecule has 1 aromatic rings. The molecule has 3 heteroatoms. The van der Waals surface area contributed by atoms with Gasteiger partial charge in [0.2, 0.25) is 5.91 Å². The molecular formula is C13H15NO2. The van der Waals surface area contributed by atoms with Gasteiger partial charge in [-0.15, -0.1) is 0 Å². The van der Waals surface area contributed by atoms with Gasteiger partial charge in [-0.05, 0) is 37.0 Å². The number of likely N-dealkylation sites (N-methyl/N-ethyl adjacent to an activating group) is 1. The second kappa shape index (κ2) is 2.86. The van der Waals surface area contributed by atoms with E-state index in [2.05, 4.69) is 0 Å². The molecule has 0 radical (unpaired) electrons. The maximum Gasteiger partial charge on any atom is 0.234 e. The number of amides is 1. The van der Waals surface area contributed by atoms with Gasteiger partial charge in [-0.1, -0.05) is 12.1 Å². The molecule has 84 valence electrons. The second-order valence-corrected chi connectivity index (χ2v) is 4.92. The highest BCUT2D eigenvalue weighted by Crippen LogP contribution is 2.47. The van der Waals surface area contributed by atoms with Crippen LogP contribution in [0.3, 0.4) is 0 Å². The average Bonchev–Trinajstić information content (AvgIpc) is 3.00. The van der Waals surface area contributed by atoms with Crippen molar-refractivity contribution in [3.63, 3.8) is 0 Å². The Labute approximate surface area is 94.7 Å². The van der Waals surface area contributed by atoms with E-state index < -0.39 is 5.60 Å². The van der Waals surface area contributed by atoms with E-state index in [1.807, 2.05) is 25.1 Å². The fourth-order valence-corrected chi connectivity index (χ4v) is 2.45. The summed E-state index contributed by atoms with van der Waals surface area (Å²) in [6.07, 6.45) is 1.67. The monoisotopic (exact) mass is 217 g/mol. The molecular weight excluding hydrogens is 202 g/mol. The van der Waals surface area contributed by atoms with Crippen LogP contribution in [0.2, 0.25) is 0 Å². The van der Waals surface area contributed by atoms with Crippen LogP contribution in [0, 0.1) is 0 Å². The average molecular weight is 217 g/mol. The number of nitrogens with zero attached hydrogens (tertiary/aromatic N) is 1. The Balaban J connectivity index is 2.10. The summed E-state index contributed by atoms with van der Waals surface area (Å²) in [4.78, 5) is 13.5. The molecule has 0 saturated heterocycles. The maximum absolute atomic E-state index is 11.8. The molecule has 16 heavy (non-hydrogen) atoms. The molecule has 0 aromatic heterocycles. The Morgan fingerprint density at radius 3 is 2.75 bits per heavy atom. The first-order valence-corrected chi connectivity index (χ1v) is 5.67. The van der Waals surface area contributed by atoms with E-state index in [9.17, 15) is 9.90 Å². The highest BCUT2D eigenvalue weighted by molar-refractivity contribution is 6.04. The second-order valence-electron chi connectivity index (χ2n) is 4.92. The molecule has 1 fully saturated rings. The lowest BCUT2D eigenvalue weighted by molar-refractivity contribution is -0.118. The summed E-state index contributed by atoms with van der Waals surface area (Å²) in [7, 11) is 1.80. The summed E-state index contributed by atoms with van der Waals surface area (Å²) in [5.41, 5.74) is 2.37. The van der Waals surface area contributed by atoms with Gasteiger partial charge in [0.25, 0.3) is 0 Å². The van der Waals surface area contributed by atoms with Crippen molar-refractivity contribution in [3.8, 4) is 0 Å². The molecule has 2 aliphatic rings. The van der Waals surface area contributed by atoms with Crippen molar-refractivity contribution in [2.24, 2.45) is 0 Å². The summed E-state index contributed by atoms with van der Waals surface area (Å²) in [6.45, 7) is 1.92. The number of rotatable bonds is 1. The van der Waals surface area contributed by atoms with Gasteiger partial charge >= 0.3 is 0 Å². The molecule has 1 aliphatic heterocycles. The minimum Gasteiger partial charge on any atom is -0.385 e. The molecule has 1 unspecified atom stereocenters. The van der Waals surface area contributed by atoms with Crippen molar-refractivity contribution in [1.82, 2.24) is 0 Å². The molecule has 1 heterocycles. The molecule has 3 rings (SSSR count). The van der Waals surface area contributed by atoms with Crippen LogP contribution in [0.15, 0.2) is 18.2 Å². The van der Waals surface area contributed by atoms with E-state index in [4.69, 9.17) is 0 Å². The fraction of sp³-hybridized carbons (Fsp3) is 0.462. The lowest BCUT2D eigenvalue weighted by Crippen LogP contribution is -2.22. The van der Waals surface area contributed by atoms with E-state index in [0.29, 0.717) is 0 Å². The van der Waals surface area contributed by atoms with Crippen LogP contribution in [0.5, 0.6) is 0 Å². The van der Waals surface area contributed by atoms with Crippen LogP contribution in [0.4, 0.5) is 5.69 Å². The summed E-state index contributed by atoms with van der Waals surface area (Å²) in [5, 5.41) is 10.1. The van der Waals surface area contributed by atoms with Crippen LogP contribution in [0.1, 0.15) is 36.8 Å². The number of hydrogen-bond donors (Lipinski definition) is 1. The van der Waals surface area contributed by atoms with E-state index >= 15 is 0 Å². The first-order valence-electron chi connectivity index (χ1n) is 5.67. The lowest BCUT2D eigenvalue weighted by Gasteiger charge is -2.12. The molecule has 1 saturated carbocycles. The molecule has 3 nitrogen and oxygen atoms in total. The maximum atomic E-state index is 11.8. The largest absolute Gasteiger partial charge is 0.385 e. The number of fused-ring (bicyclic) bond motifs is 1. The molecule has 1 N–H and O–H groups in total. The number of anilines is 1. The van der Waals surface area contributed by atoms with Gasteiger partial charge in [-0.3, -0.25) is 4.79 Å². The van der Waals surface area contributed by atoms with Crippen molar-refractivity contribution in [3.05, 3.63) is 29.3 Å². The highest BCUT2D eigenvalue weighted by atomic mass is 16.3. The predicted molar refractivity (Wildman–Crippen MR) is 61.4 cm³/mol. The topological polar surface area (TPSA) is 40.5 Å². The third kappa shape index (κ3) is 1.15. The van der Waals surface area contributed by atoms with Crippen molar-refractivity contribution in [2.45, 2.75) is 31.3 Å². The van der Waals surface area contributed by atoms with Crippen LogP contribution < -0.4 is 4.90 Å². The number of carbonyl (C=O) groups excluding carboxylic acids is 1. The first-order chi connectivity index (χ1) is 7.53. The predicted octanol–water partition coefficient (Wildman–Crippen LogP) is 1.75. The zero-order valence-electron chi connectivity index (χ0n) is 9.53. The van der Waals surface area contributed by atoms with Crippen molar-refractivity contribution >= 4 is 11.6 Å². The SMILES string of the molecule is CC1C(=O)N(C)c2ccc(C3(O)CC3)cc21. The van der Waals surface area contributed by atoms with E-state index in [1.165, 1.54) is 0 Å². The van der Waals surface area contributed by atoms with Gasteiger partial charge < -0.3 is 10.0 Å². The van der Waals surface area contributed by atoms with E-state index in [0.717, 1.165) is 29.7 Å². The molecule has 1 atom stereocenters. The van der Waals surface area contributed by atoms with Gasteiger partial charge in [0.1, 0.15) is 0 Å². The Morgan fingerprint density at radius 1 is 1.44 bits per heavy atom. The van der Waals surface area contributed by atoms with Crippen LogP contribution in [-0.4, -0.2) is 18.1 Å². The van der Waals surface area contributed by atoms with E-state index in [1.54, 1.807) is 11.9 Å². The van der Waals surface area contributed by atoms with Gasteiger partial charge in [-0.25, -0.2) is 0 Å². The number of hydrogen-bond acceptors (Lipinski definition) is 2. The smallest absolute Gasteiger partial charge is 0.234 e. The molecule has 0 bridgehead atoms. The Bertz CT molecular complexity index is 477. The first kappa shape index (κ1) is 9.85. The zero-order chi connectivity index (χ0) is 11.5. The summed E-state index contributed by atoms with van der Waals surface area (Å²) >= 11 is 0. The highest BCUT2D eigenvalue weighted by Gasteiger charge is 2.43. The standard InChI is InChI=1S/C13H15NO2/c1-8-10-7-9(13(16)5-6-13)3-4-11(10)14(2)12(8)15/h3-4,7-8,16H,5-6H2,1-2H3. The van der Waals surface area contributed by atoms with Gasteiger partial charge in [0.15, 0.2) is 0 Å². The Hall–Kier alpha value is -1.35. The number of aliphatic hydroxyl groups is 1. The Morgan fingerprint density at radius 2 is 2.12 bits per heavy atom. The molecule has 1 aliphatic carbocycles. The van der Waals surface area contributed by atoms with Crippen LogP contribution in [0.25, 0.3) is 0 Å². The fourth-order valence-electron chi connectivity index (χ4n) is 2.45. The quantitative estimate of drug-likeness (QED) is 0.778. The van der Waals surface area contributed by atoms with Crippen molar-refractivity contribution < 1.29 is 9.90 Å². The Kier molecular flexibility index (Phi) is 1.76. The van der Waals surface area contributed by atoms with Gasteiger partial charge in [0.05, 0.1) is 11.5 Å². The van der Waals surface area contributed by atoms with Gasteiger partial charge in [-0.2, -0.15) is 0 Å². The molecule has 1 amide bonds. The third-order valence-electron chi connectivity index (χ3n) is 3.82. The number of carbonyl (C=O) groups is 1. The normalized spacial score (nSPS) is 25.8. The summed E-state index contributed by atoms with van der Waals surface area (Å²) < 4.78 is 0. The number of benzene rings is 1. The summed E-state index contributed by atoms with van der Waals surface area (Å²) in [6, 6.07) is 5.88. The minimum absolute atomic E-state index is 0.0812. The van der Waals surface area contributed by atoms with Crippen molar-refractivity contribution in [1.29, 1.82) is 0 Å². The van der Waals surface area contributed by atoms with Gasteiger partial charge in [0, 0.05) is 12.7 Å². The van der Waals surface area contributed by atoms with Crippen molar-refractivity contribution in [2.75, 3.05) is 11.9 Å². The minimum atomic E-state index is -0.612. The summed E-state index contributed by atoms with van der Waals surface area (Å²) in [5.74, 6) is 0.0530. The molecule has 0 spiro atoms.